The molecule has 0 aromatic carbocycles. The molecule has 1 atom stereocenters. The van der Waals surface area contributed by atoms with Crippen LogP contribution in [0.4, 0.5) is 5.82 Å². The molecule has 0 spiro atoms. The van der Waals surface area contributed by atoms with Crippen LogP contribution in [0.25, 0.3) is 10.2 Å². The molecule has 1 aliphatic heterocycles. The molecule has 2 aromatic heterocycles. The minimum Gasteiger partial charge on any atom is -0.360 e. The lowest BCUT2D eigenvalue weighted by Crippen LogP contribution is -2.42. The van der Waals surface area contributed by atoms with E-state index in [-0.39, 0.29) is 6.10 Å². The van der Waals surface area contributed by atoms with Crippen LogP contribution in [-0.4, -0.2) is 35.8 Å². The van der Waals surface area contributed by atoms with Gasteiger partial charge in [-0.25, -0.2) is 9.97 Å². The molecular weight excluding hydrogens is 248 g/mol. The first-order valence-corrected chi connectivity index (χ1v) is 6.62. The average molecular weight is 260 g/mol. The van der Waals surface area contributed by atoms with Gasteiger partial charge in [0.15, 0.2) is 6.10 Å². The SMILES string of the molecule is Cc1csc2c(N3CCOC(C#N)C3)ncnc12. The van der Waals surface area contributed by atoms with Gasteiger partial charge in [0.2, 0.25) is 0 Å². The van der Waals surface area contributed by atoms with Gasteiger partial charge in [-0.05, 0) is 17.9 Å². The van der Waals surface area contributed by atoms with Crippen molar-refractivity contribution in [2.75, 3.05) is 24.6 Å². The van der Waals surface area contributed by atoms with Crippen molar-refractivity contribution in [2.24, 2.45) is 0 Å². The molecule has 0 N–H and O–H groups in total. The molecule has 3 rings (SSSR count). The van der Waals surface area contributed by atoms with E-state index in [1.165, 1.54) is 5.56 Å². The van der Waals surface area contributed by atoms with E-state index in [9.17, 15) is 0 Å². The summed E-state index contributed by atoms with van der Waals surface area (Å²) in [4.78, 5) is 10.8. The quantitative estimate of drug-likeness (QED) is 0.781. The van der Waals surface area contributed by atoms with E-state index in [0.29, 0.717) is 13.2 Å². The highest BCUT2D eigenvalue weighted by molar-refractivity contribution is 7.18. The number of thiophene rings is 1. The summed E-state index contributed by atoms with van der Waals surface area (Å²) < 4.78 is 6.44. The van der Waals surface area contributed by atoms with Crippen molar-refractivity contribution in [1.29, 1.82) is 5.26 Å². The first-order valence-electron chi connectivity index (χ1n) is 5.74. The van der Waals surface area contributed by atoms with Crippen LogP contribution in [0.15, 0.2) is 11.7 Å². The number of nitrogens with zero attached hydrogens (tertiary/aromatic N) is 4. The van der Waals surface area contributed by atoms with Crippen LogP contribution in [-0.2, 0) is 4.74 Å². The lowest BCUT2D eigenvalue weighted by atomic mass is 10.2. The van der Waals surface area contributed by atoms with Crippen LogP contribution in [0, 0.1) is 18.3 Å². The van der Waals surface area contributed by atoms with Gasteiger partial charge in [-0.15, -0.1) is 11.3 Å². The predicted molar refractivity (Wildman–Crippen MR) is 69.7 cm³/mol. The fourth-order valence-electron chi connectivity index (χ4n) is 2.10. The van der Waals surface area contributed by atoms with E-state index >= 15 is 0 Å². The molecule has 5 nitrogen and oxygen atoms in total. The first-order chi connectivity index (χ1) is 8.79. The van der Waals surface area contributed by atoms with Crippen molar-refractivity contribution in [3.05, 3.63) is 17.3 Å². The Morgan fingerprint density at radius 2 is 2.44 bits per heavy atom. The van der Waals surface area contributed by atoms with Gasteiger partial charge in [0, 0.05) is 6.54 Å². The molecule has 2 aromatic rings. The summed E-state index contributed by atoms with van der Waals surface area (Å²) in [5, 5.41) is 11.0. The molecule has 0 aliphatic carbocycles. The zero-order valence-electron chi connectivity index (χ0n) is 9.96. The van der Waals surface area contributed by atoms with Crippen LogP contribution < -0.4 is 4.90 Å². The third-order valence-corrected chi connectivity index (χ3v) is 4.11. The lowest BCUT2D eigenvalue weighted by Gasteiger charge is -2.30. The molecule has 3 heterocycles. The Kier molecular flexibility index (Phi) is 2.86. The summed E-state index contributed by atoms with van der Waals surface area (Å²) >= 11 is 1.65. The number of aryl methyl sites for hydroxylation is 1. The second-order valence-electron chi connectivity index (χ2n) is 4.23. The number of ether oxygens (including phenoxy) is 1. The van der Waals surface area contributed by atoms with Crippen molar-refractivity contribution < 1.29 is 4.74 Å². The molecule has 1 saturated heterocycles. The second-order valence-corrected chi connectivity index (χ2v) is 5.11. The van der Waals surface area contributed by atoms with E-state index < -0.39 is 0 Å². The van der Waals surface area contributed by atoms with Gasteiger partial charge in [0.25, 0.3) is 0 Å². The monoisotopic (exact) mass is 260 g/mol. The molecular formula is C12H12N4OS. The fraction of sp³-hybridized carbons (Fsp3) is 0.417. The zero-order valence-corrected chi connectivity index (χ0v) is 10.8. The number of aromatic nitrogens is 2. The highest BCUT2D eigenvalue weighted by Gasteiger charge is 2.23. The van der Waals surface area contributed by atoms with Crippen molar-refractivity contribution >= 4 is 27.4 Å². The maximum absolute atomic E-state index is 8.94. The third-order valence-electron chi connectivity index (χ3n) is 3.02. The van der Waals surface area contributed by atoms with Crippen LogP contribution >= 0.6 is 11.3 Å². The maximum Gasteiger partial charge on any atom is 0.161 e. The van der Waals surface area contributed by atoms with Crippen LogP contribution in [0.2, 0.25) is 0 Å². The lowest BCUT2D eigenvalue weighted by molar-refractivity contribution is 0.0763. The molecule has 0 radical (unpaired) electrons. The van der Waals surface area contributed by atoms with Crippen LogP contribution in [0.5, 0.6) is 0 Å². The third kappa shape index (κ3) is 1.82. The molecule has 1 unspecified atom stereocenters. The first kappa shape index (κ1) is 11.4. The summed E-state index contributed by atoms with van der Waals surface area (Å²) in [7, 11) is 0. The van der Waals surface area contributed by atoms with Crippen molar-refractivity contribution in [2.45, 2.75) is 13.0 Å². The molecule has 0 saturated carbocycles. The topological polar surface area (TPSA) is 62.0 Å². The molecule has 18 heavy (non-hydrogen) atoms. The second kappa shape index (κ2) is 4.52. The maximum atomic E-state index is 8.94. The summed E-state index contributed by atoms with van der Waals surface area (Å²) in [5.41, 5.74) is 2.17. The van der Waals surface area contributed by atoms with Crippen molar-refractivity contribution in [1.82, 2.24) is 9.97 Å². The van der Waals surface area contributed by atoms with E-state index in [1.54, 1.807) is 17.7 Å². The molecule has 0 bridgehead atoms. The molecule has 6 heteroatoms. The van der Waals surface area contributed by atoms with Crippen molar-refractivity contribution in [3.63, 3.8) is 0 Å². The largest absolute Gasteiger partial charge is 0.360 e. The van der Waals surface area contributed by atoms with E-state index in [0.717, 1.165) is 22.6 Å². The summed E-state index contributed by atoms with van der Waals surface area (Å²) in [6.07, 6.45) is 1.22. The Bertz CT molecular complexity index is 618. The number of anilines is 1. The number of morpholine rings is 1. The Balaban J connectivity index is 2.01. The number of fused-ring (bicyclic) bond motifs is 1. The van der Waals surface area contributed by atoms with E-state index in [2.05, 4.69) is 26.3 Å². The van der Waals surface area contributed by atoms with Gasteiger partial charge in [-0.1, -0.05) is 0 Å². The summed E-state index contributed by atoms with van der Waals surface area (Å²) in [6.45, 7) is 3.95. The summed E-state index contributed by atoms with van der Waals surface area (Å²) in [6, 6.07) is 2.15. The number of hydrogen-bond acceptors (Lipinski definition) is 6. The number of hydrogen-bond donors (Lipinski definition) is 0. The highest BCUT2D eigenvalue weighted by atomic mass is 32.1. The predicted octanol–water partition coefficient (Wildman–Crippen LogP) is 1.73. The Morgan fingerprint density at radius 1 is 1.56 bits per heavy atom. The average Bonchev–Trinajstić information content (AvgIpc) is 2.81. The zero-order chi connectivity index (χ0) is 12.5. The fourth-order valence-corrected chi connectivity index (χ4v) is 3.12. The normalized spacial score (nSPS) is 20.0. The Morgan fingerprint density at radius 3 is 3.28 bits per heavy atom. The Labute approximate surface area is 109 Å². The van der Waals surface area contributed by atoms with Crippen molar-refractivity contribution in [3.8, 4) is 6.07 Å². The smallest absolute Gasteiger partial charge is 0.161 e. The van der Waals surface area contributed by atoms with Crippen LogP contribution in [0.1, 0.15) is 5.56 Å². The highest BCUT2D eigenvalue weighted by Crippen LogP contribution is 2.31. The van der Waals surface area contributed by atoms with E-state index in [4.69, 9.17) is 10.00 Å². The molecule has 92 valence electrons. The van der Waals surface area contributed by atoms with Gasteiger partial charge in [0.1, 0.15) is 12.1 Å². The molecule has 1 fully saturated rings. The van der Waals surface area contributed by atoms with Gasteiger partial charge >= 0.3 is 0 Å². The minimum atomic E-state index is -0.371. The van der Waals surface area contributed by atoms with Gasteiger partial charge in [-0.3, -0.25) is 0 Å². The number of rotatable bonds is 1. The standard InChI is InChI=1S/C12H12N4OS/c1-8-6-18-11-10(8)14-7-15-12(11)16-2-3-17-9(4-13)5-16/h6-7,9H,2-3,5H2,1H3. The van der Waals surface area contributed by atoms with Gasteiger partial charge in [0.05, 0.1) is 29.4 Å². The Hall–Kier alpha value is -1.71. The summed E-state index contributed by atoms with van der Waals surface area (Å²) in [5.74, 6) is 0.918. The van der Waals surface area contributed by atoms with Crippen LogP contribution in [0.3, 0.4) is 0 Å². The minimum absolute atomic E-state index is 0.371. The van der Waals surface area contributed by atoms with Gasteiger partial charge in [-0.2, -0.15) is 5.26 Å². The van der Waals surface area contributed by atoms with E-state index in [1.807, 2.05) is 6.92 Å². The van der Waals surface area contributed by atoms with Gasteiger partial charge < -0.3 is 9.64 Å². The number of nitriles is 1. The molecule has 1 aliphatic rings. The molecule has 0 amide bonds.